The maximum absolute atomic E-state index is 11.4. The summed E-state index contributed by atoms with van der Waals surface area (Å²) in [7, 11) is 0. The highest BCUT2D eigenvalue weighted by molar-refractivity contribution is 6.35. The third kappa shape index (κ3) is 5.06. The molecule has 0 aliphatic heterocycles. The number of esters is 1. The summed E-state index contributed by atoms with van der Waals surface area (Å²) >= 11 is 11.5. The molecule has 92 valence electrons. The van der Waals surface area contributed by atoms with E-state index in [1.54, 1.807) is 13.0 Å². The standard InChI is InChI=1S/C11H11Cl2NO3/c1-2-17-11(16)6-10(15)14-9-4-7(12)3-8(13)5-9/h3-5H,2,6H2,1H3,(H,14,15). The van der Waals surface area contributed by atoms with Gasteiger partial charge in [0, 0.05) is 15.7 Å². The smallest absolute Gasteiger partial charge is 0.315 e. The largest absolute Gasteiger partial charge is 0.466 e. The van der Waals surface area contributed by atoms with Gasteiger partial charge >= 0.3 is 5.97 Å². The highest BCUT2D eigenvalue weighted by Crippen LogP contribution is 2.22. The Labute approximate surface area is 109 Å². The van der Waals surface area contributed by atoms with Crippen LogP contribution < -0.4 is 5.32 Å². The molecule has 0 bridgehead atoms. The molecule has 0 unspecified atom stereocenters. The number of rotatable bonds is 4. The first-order valence-electron chi connectivity index (χ1n) is 4.93. The first kappa shape index (κ1) is 13.8. The molecule has 0 saturated heterocycles. The molecule has 17 heavy (non-hydrogen) atoms. The molecule has 0 aliphatic rings. The Morgan fingerprint density at radius 2 is 1.82 bits per heavy atom. The van der Waals surface area contributed by atoms with Gasteiger partial charge in [-0.2, -0.15) is 0 Å². The number of carbonyl (C=O) groups is 2. The summed E-state index contributed by atoms with van der Waals surface area (Å²) in [5, 5.41) is 3.32. The van der Waals surface area contributed by atoms with Crippen molar-refractivity contribution in [3.63, 3.8) is 0 Å². The van der Waals surface area contributed by atoms with Crippen molar-refractivity contribution in [1.82, 2.24) is 0 Å². The van der Waals surface area contributed by atoms with E-state index in [0.29, 0.717) is 15.7 Å². The Bertz CT molecular complexity index is 414. The number of carbonyl (C=O) groups excluding carboxylic acids is 2. The predicted molar refractivity (Wildman–Crippen MR) is 66.3 cm³/mol. The van der Waals surface area contributed by atoms with Gasteiger partial charge in [0.25, 0.3) is 0 Å². The maximum atomic E-state index is 11.4. The van der Waals surface area contributed by atoms with Crippen molar-refractivity contribution in [2.24, 2.45) is 0 Å². The second kappa shape index (κ2) is 6.47. The zero-order valence-corrected chi connectivity index (χ0v) is 10.6. The van der Waals surface area contributed by atoms with Gasteiger partial charge in [-0.25, -0.2) is 0 Å². The molecule has 0 aliphatic carbocycles. The molecule has 1 rings (SSSR count). The number of ether oxygens (including phenoxy) is 1. The molecule has 4 nitrogen and oxygen atoms in total. The summed E-state index contributed by atoms with van der Waals surface area (Å²) in [4.78, 5) is 22.5. The summed E-state index contributed by atoms with van der Waals surface area (Å²) < 4.78 is 4.65. The molecular formula is C11H11Cl2NO3. The quantitative estimate of drug-likeness (QED) is 0.679. The zero-order valence-electron chi connectivity index (χ0n) is 9.13. The van der Waals surface area contributed by atoms with Gasteiger partial charge in [-0.1, -0.05) is 23.2 Å². The first-order chi connectivity index (χ1) is 8.01. The van der Waals surface area contributed by atoms with Crippen LogP contribution in [0.4, 0.5) is 5.69 Å². The highest BCUT2D eigenvalue weighted by atomic mass is 35.5. The van der Waals surface area contributed by atoms with E-state index >= 15 is 0 Å². The van der Waals surface area contributed by atoms with Crippen molar-refractivity contribution in [3.05, 3.63) is 28.2 Å². The minimum absolute atomic E-state index is 0.245. The number of anilines is 1. The summed E-state index contributed by atoms with van der Waals surface area (Å²) in [6.07, 6.45) is -0.335. The Balaban J connectivity index is 2.59. The third-order valence-corrected chi connectivity index (χ3v) is 2.19. The van der Waals surface area contributed by atoms with Crippen LogP contribution in [-0.2, 0) is 14.3 Å². The minimum atomic E-state index is -0.571. The van der Waals surface area contributed by atoms with Crippen LogP contribution in [0, 0.1) is 0 Å². The molecule has 0 radical (unpaired) electrons. The van der Waals surface area contributed by atoms with Gasteiger partial charge in [-0.05, 0) is 25.1 Å². The molecule has 0 aromatic heterocycles. The van der Waals surface area contributed by atoms with Gasteiger partial charge in [-0.15, -0.1) is 0 Å². The fourth-order valence-corrected chi connectivity index (χ4v) is 1.70. The van der Waals surface area contributed by atoms with E-state index in [0.717, 1.165) is 0 Å². The lowest BCUT2D eigenvalue weighted by Crippen LogP contribution is -2.18. The van der Waals surface area contributed by atoms with Crippen LogP contribution in [0.2, 0.25) is 10.0 Å². The molecule has 1 N–H and O–H groups in total. The zero-order chi connectivity index (χ0) is 12.8. The molecule has 0 atom stereocenters. The Morgan fingerprint density at radius 1 is 1.24 bits per heavy atom. The van der Waals surface area contributed by atoms with Crippen LogP contribution in [0.5, 0.6) is 0 Å². The summed E-state index contributed by atoms with van der Waals surface area (Å²) in [5.74, 6) is -1.04. The number of hydrogen-bond donors (Lipinski definition) is 1. The molecule has 0 fully saturated rings. The fourth-order valence-electron chi connectivity index (χ4n) is 1.17. The van der Waals surface area contributed by atoms with Crippen LogP contribution in [-0.4, -0.2) is 18.5 Å². The summed E-state index contributed by atoms with van der Waals surface area (Å²) in [6.45, 7) is 1.92. The van der Waals surface area contributed by atoms with Crippen molar-refractivity contribution >= 4 is 40.8 Å². The van der Waals surface area contributed by atoms with Crippen molar-refractivity contribution in [1.29, 1.82) is 0 Å². The Morgan fingerprint density at radius 3 is 2.35 bits per heavy atom. The van der Waals surface area contributed by atoms with Crippen LogP contribution in [0.25, 0.3) is 0 Å². The highest BCUT2D eigenvalue weighted by Gasteiger charge is 2.10. The molecule has 1 amide bonds. The lowest BCUT2D eigenvalue weighted by molar-refractivity contribution is -0.145. The number of nitrogens with one attached hydrogen (secondary N) is 1. The molecular weight excluding hydrogens is 265 g/mol. The number of amides is 1. The number of halogens is 2. The van der Waals surface area contributed by atoms with Crippen LogP contribution in [0.1, 0.15) is 13.3 Å². The topological polar surface area (TPSA) is 55.4 Å². The first-order valence-corrected chi connectivity index (χ1v) is 5.68. The van der Waals surface area contributed by atoms with Gasteiger partial charge in [0.1, 0.15) is 6.42 Å². The van der Waals surface area contributed by atoms with Crippen molar-refractivity contribution in [2.75, 3.05) is 11.9 Å². The van der Waals surface area contributed by atoms with E-state index < -0.39 is 11.9 Å². The van der Waals surface area contributed by atoms with Gasteiger partial charge in [0.2, 0.25) is 5.91 Å². The molecule has 0 heterocycles. The fraction of sp³-hybridized carbons (Fsp3) is 0.273. The second-order valence-electron chi connectivity index (χ2n) is 3.19. The lowest BCUT2D eigenvalue weighted by atomic mass is 10.3. The van der Waals surface area contributed by atoms with Gasteiger partial charge < -0.3 is 10.1 Å². The van der Waals surface area contributed by atoms with E-state index in [1.165, 1.54) is 12.1 Å². The van der Waals surface area contributed by atoms with Crippen molar-refractivity contribution < 1.29 is 14.3 Å². The van der Waals surface area contributed by atoms with Crippen molar-refractivity contribution in [2.45, 2.75) is 13.3 Å². The molecule has 1 aromatic rings. The Hall–Kier alpha value is -1.26. The van der Waals surface area contributed by atoms with E-state index in [1.807, 2.05) is 0 Å². The normalized spacial score (nSPS) is 9.82. The third-order valence-electron chi connectivity index (χ3n) is 1.76. The molecule has 0 spiro atoms. The summed E-state index contributed by atoms with van der Waals surface area (Å²) in [6, 6.07) is 4.62. The minimum Gasteiger partial charge on any atom is -0.466 e. The maximum Gasteiger partial charge on any atom is 0.315 e. The molecule has 1 aromatic carbocycles. The number of hydrogen-bond acceptors (Lipinski definition) is 3. The summed E-state index contributed by atoms with van der Waals surface area (Å²) in [5.41, 5.74) is 0.441. The van der Waals surface area contributed by atoms with E-state index in [2.05, 4.69) is 10.1 Å². The van der Waals surface area contributed by atoms with E-state index in [9.17, 15) is 9.59 Å². The SMILES string of the molecule is CCOC(=O)CC(=O)Nc1cc(Cl)cc(Cl)c1. The number of benzene rings is 1. The molecule has 0 saturated carbocycles. The van der Waals surface area contributed by atoms with Crippen LogP contribution in [0.3, 0.4) is 0 Å². The average molecular weight is 276 g/mol. The van der Waals surface area contributed by atoms with Crippen molar-refractivity contribution in [3.8, 4) is 0 Å². The van der Waals surface area contributed by atoms with Gasteiger partial charge in [0.15, 0.2) is 0 Å². The monoisotopic (exact) mass is 275 g/mol. The van der Waals surface area contributed by atoms with Crippen LogP contribution in [0.15, 0.2) is 18.2 Å². The van der Waals surface area contributed by atoms with Gasteiger partial charge in [0.05, 0.1) is 6.61 Å². The van der Waals surface area contributed by atoms with Gasteiger partial charge in [-0.3, -0.25) is 9.59 Å². The van der Waals surface area contributed by atoms with E-state index in [4.69, 9.17) is 23.2 Å². The van der Waals surface area contributed by atoms with Crippen LogP contribution >= 0.6 is 23.2 Å². The lowest BCUT2D eigenvalue weighted by Gasteiger charge is -2.06. The predicted octanol–water partition coefficient (Wildman–Crippen LogP) is 2.89. The molecule has 6 heteroatoms. The second-order valence-corrected chi connectivity index (χ2v) is 4.06. The Kier molecular flexibility index (Phi) is 5.25. The van der Waals surface area contributed by atoms with E-state index in [-0.39, 0.29) is 13.0 Å². The average Bonchev–Trinajstić information content (AvgIpc) is 2.14.